The second kappa shape index (κ2) is 6.51. The van der Waals surface area contributed by atoms with Gasteiger partial charge in [0.05, 0.1) is 11.8 Å². The highest BCUT2D eigenvalue weighted by Gasteiger charge is 2.19. The van der Waals surface area contributed by atoms with Gasteiger partial charge in [0, 0.05) is 11.1 Å². The van der Waals surface area contributed by atoms with Crippen LogP contribution in [-0.4, -0.2) is 20.6 Å². The molecule has 0 aliphatic carbocycles. The molecule has 0 spiro atoms. The average molecular weight is 362 g/mol. The van der Waals surface area contributed by atoms with Crippen molar-refractivity contribution in [3.8, 4) is 11.5 Å². The van der Waals surface area contributed by atoms with Crippen molar-refractivity contribution in [1.82, 2.24) is 4.72 Å². The largest absolute Gasteiger partial charge is 0.454 e. The summed E-state index contributed by atoms with van der Waals surface area (Å²) in [5.41, 5.74) is -0.758. The predicted molar refractivity (Wildman–Crippen MR) is 80.2 cm³/mol. The van der Waals surface area contributed by atoms with Crippen molar-refractivity contribution in [2.75, 3.05) is 6.26 Å². The van der Waals surface area contributed by atoms with Crippen LogP contribution in [0.3, 0.4) is 0 Å². The maximum Gasteiger partial charge on any atom is 0.267 e. The molecule has 0 unspecified atom stereocenters. The summed E-state index contributed by atoms with van der Waals surface area (Å²) in [6.45, 7) is 0. The van der Waals surface area contributed by atoms with Gasteiger partial charge in [-0.2, -0.15) is 0 Å². The van der Waals surface area contributed by atoms with Gasteiger partial charge in [-0.05, 0) is 24.3 Å². The lowest BCUT2D eigenvalue weighted by molar-refractivity contribution is 0.0977. The lowest BCUT2D eigenvalue weighted by atomic mass is 10.2. The molecular weight excluding hydrogens is 352 g/mol. The van der Waals surface area contributed by atoms with Gasteiger partial charge in [-0.1, -0.05) is 17.7 Å². The number of amides is 1. The summed E-state index contributed by atoms with van der Waals surface area (Å²) >= 11 is 5.75. The zero-order valence-corrected chi connectivity index (χ0v) is 13.2. The van der Waals surface area contributed by atoms with Gasteiger partial charge in [-0.3, -0.25) is 4.79 Å². The standard InChI is InChI=1S/C14H10ClF2NO4S/c1-23(20,21)18-14(19)10-6-12(17)13(7-11(10)16)22-9-4-2-3-8(15)5-9/h2-7H,1H3,(H,18,19). The van der Waals surface area contributed by atoms with E-state index in [1.807, 2.05) is 0 Å². The minimum absolute atomic E-state index is 0.170. The van der Waals surface area contributed by atoms with Crippen molar-refractivity contribution in [3.63, 3.8) is 0 Å². The first kappa shape index (κ1) is 17.2. The summed E-state index contributed by atoms with van der Waals surface area (Å²) < 4.78 is 56.5. The van der Waals surface area contributed by atoms with Crippen molar-refractivity contribution < 1.29 is 26.7 Å². The smallest absolute Gasteiger partial charge is 0.267 e. The third-order valence-corrected chi connectivity index (χ3v) is 3.36. The Morgan fingerprint density at radius 2 is 1.87 bits per heavy atom. The SMILES string of the molecule is CS(=O)(=O)NC(=O)c1cc(F)c(Oc2cccc(Cl)c2)cc1F. The Kier molecular flexibility index (Phi) is 4.86. The minimum atomic E-state index is -3.90. The van der Waals surface area contributed by atoms with E-state index in [-0.39, 0.29) is 5.75 Å². The molecule has 2 aromatic carbocycles. The Balaban J connectivity index is 2.32. The quantitative estimate of drug-likeness (QED) is 0.908. The van der Waals surface area contributed by atoms with Crippen LogP contribution < -0.4 is 9.46 Å². The van der Waals surface area contributed by atoms with Gasteiger partial charge in [0.1, 0.15) is 11.6 Å². The topological polar surface area (TPSA) is 72.5 Å². The molecule has 0 saturated carbocycles. The number of sulfonamides is 1. The van der Waals surface area contributed by atoms with E-state index in [9.17, 15) is 22.0 Å². The van der Waals surface area contributed by atoms with Gasteiger partial charge in [0.25, 0.3) is 5.91 Å². The van der Waals surface area contributed by atoms with Gasteiger partial charge in [-0.15, -0.1) is 0 Å². The summed E-state index contributed by atoms with van der Waals surface area (Å²) in [5.74, 6) is -3.75. The fourth-order valence-corrected chi connectivity index (χ4v) is 2.29. The lowest BCUT2D eigenvalue weighted by Gasteiger charge is -2.10. The molecule has 0 bridgehead atoms. The molecule has 9 heteroatoms. The number of benzene rings is 2. The van der Waals surface area contributed by atoms with Gasteiger partial charge >= 0.3 is 0 Å². The Morgan fingerprint density at radius 3 is 2.48 bits per heavy atom. The molecule has 0 atom stereocenters. The maximum atomic E-state index is 14.0. The molecule has 2 rings (SSSR count). The number of carbonyl (C=O) groups is 1. The van der Waals surface area contributed by atoms with Crippen LogP contribution in [0.2, 0.25) is 5.02 Å². The molecule has 0 radical (unpaired) electrons. The number of hydrogen-bond donors (Lipinski definition) is 1. The molecule has 2 aromatic rings. The molecule has 0 aromatic heterocycles. The molecule has 122 valence electrons. The van der Waals surface area contributed by atoms with Crippen LogP contribution in [0, 0.1) is 11.6 Å². The maximum absolute atomic E-state index is 14.0. The first-order chi connectivity index (χ1) is 10.7. The van der Waals surface area contributed by atoms with Gasteiger partial charge in [0.2, 0.25) is 10.0 Å². The Morgan fingerprint density at radius 1 is 1.17 bits per heavy atom. The van der Waals surface area contributed by atoms with Crippen LogP contribution in [0.15, 0.2) is 36.4 Å². The molecule has 0 fully saturated rings. The second-order valence-corrected chi connectivity index (χ2v) is 6.71. The van der Waals surface area contributed by atoms with Crippen molar-refractivity contribution in [2.24, 2.45) is 0 Å². The molecule has 0 aliphatic rings. The fourth-order valence-electron chi connectivity index (χ4n) is 1.66. The molecule has 0 aliphatic heterocycles. The van der Waals surface area contributed by atoms with Gasteiger partial charge in [0.15, 0.2) is 11.6 Å². The van der Waals surface area contributed by atoms with E-state index < -0.39 is 38.9 Å². The highest BCUT2D eigenvalue weighted by atomic mass is 35.5. The molecule has 23 heavy (non-hydrogen) atoms. The van der Waals surface area contributed by atoms with E-state index in [2.05, 4.69) is 0 Å². The highest BCUT2D eigenvalue weighted by Crippen LogP contribution is 2.28. The molecule has 0 saturated heterocycles. The number of rotatable bonds is 4. The van der Waals surface area contributed by atoms with Crippen LogP contribution in [0.5, 0.6) is 11.5 Å². The minimum Gasteiger partial charge on any atom is -0.454 e. The molecule has 0 heterocycles. The van der Waals surface area contributed by atoms with E-state index in [1.165, 1.54) is 12.1 Å². The van der Waals surface area contributed by atoms with Crippen molar-refractivity contribution in [2.45, 2.75) is 0 Å². The van der Waals surface area contributed by atoms with E-state index in [4.69, 9.17) is 16.3 Å². The van der Waals surface area contributed by atoms with Crippen LogP contribution in [0.25, 0.3) is 0 Å². The molecule has 5 nitrogen and oxygen atoms in total. The van der Waals surface area contributed by atoms with E-state index in [1.54, 1.807) is 16.9 Å². The zero-order chi connectivity index (χ0) is 17.2. The molecule has 1 amide bonds. The first-order valence-electron chi connectivity index (χ1n) is 6.10. The zero-order valence-electron chi connectivity index (χ0n) is 11.6. The second-order valence-electron chi connectivity index (χ2n) is 4.53. The summed E-state index contributed by atoms with van der Waals surface area (Å²) in [6, 6.07) is 7.20. The summed E-state index contributed by atoms with van der Waals surface area (Å²) in [6.07, 6.45) is 0.718. The van der Waals surface area contributed by atoms with Crippen molar-refractivity contribution in [3.05, 3.63) is 58.6 Å². The Bertz CT molecular complexity index is 871. The highest BCUT2D eigenvalue weighted by molar-refractivity contribution is 7.89. The number of nitrogens with one attached hydrogen (secondary N) is 1. The van der Waals surface area contributed by atoms with Crippen LogP contribution in [-0.2, 0) is 10.0 Å². The van der Waals surface area contributed by atoms with Crippen molar-refractivity contribution >= 4 is 27.5 Å². The van der Waals surface area contributed by atoms with E-state index in [0.29, 0.717) is 17.2 Å². The van der Waals surface area contributed by atoms with Crippen LogP contribution in [0.4, 0.5) is 8.78 Å². The Hall–Kier alpha value is -2.19. The van der Waals surface area contributed by atoms with Gasteiger partial charge in [-0.25, -0.2) is 21.9 Å². The monoisotopic (exact) mass is 361 g/mol. The number of hydrogen-bond acceptors (Lipinski definition) is 4. The van der Waals surface area contributed by atoms with E-state index in [0.717, 1.165) is 6.26 Å². The van der Waals surface area contributed by atoms with Crippen LogP contribution >= 0.6 is 11.6 Å². The number of carbonyl (C=O) groups excluding carboxylic acids is 1. The lowest BCUT2D eigenvalue weighted by Crippen LogP contribution is -2.30. The van der Waals surface area contributed by atoms with Gasteiger partial charge < -0.3 is 4.74 Å². The summed E-state index contributed by atoms with van der Waals surface area (Å²) in [4.78, 5) is 11.6. The van der Waals surface area contributed by atoms with E-state index >= 15 is 0 Å². The number of ether oxygens (including phenoxy) is 1. The normalized spacial score (nSPS) is 11.1. The predicted octanol–water partition coefficient (Wildman–Crippen LogP) is 3.10. The molecule has 1 N–H and O–H groups in total. The average Bonchev–Trinajstić information content (AvgIpc) is 2.40. The first-order valence-corrected chi connectivity index (χ1v) is 8.37. The third kappa shape index (κ3) is 4.64. The number of halogens is 3. The van der Waals surface area contributed by atoms with Crippen LogP contribution in [0.1, 0.15) is 10.4 Å². The summed E-state index contributed by atoms with van der Waals surface area (Å²) in [5, 5.41) is 0.340. The Labute approximate surface area is 135 Å². The van der Waals surface area contributed by atoms with Crippen molar-refractivity contribution in [1.29, 1.82) is 0 Å². The third-order valence-electron chi connectivity index (χ3n) is 2.57. The molecular formula is C14H10ClF2NO4S. The fraction of sp³-hybridized carbons (Fsp3) is 0.0714. The summed E-state index contributed by atoms with van der Waals surface area (Å²) in [7, 11) is -3.90.